The van der Waals surface area contributed by atoms with Crippen LogP contribution in [0.5, 0.6) is 0 Å². The first-order valence-electron chi connectivity index (χ1n) is 11.3. The van der Waals surface area contributed by atoms with Gasteiger partial charge in [0.1, 0.15) is 11.3 Å². The van der Waals surface area contributed by atoms with E-state index in [0.717, 1.165) is 17.0 Å². The van der Waals surface area contributed by atoms with Crippen LogP contribution in [0.25, 0.3) is 22.1 Å². The molecule has 164 valence electrons. The molecule has 0 atom stereocenters. The van der Waals surface area contributed by atoms with Crippen molar-refractivity contribution in [1.82, 2.24) is 19.9 Å². The lowest BCUT2D eigenvalue weighted by Gasteiger charge is -2.08. The van der Waals surface area contributed by atoms with Gasteiger partial charge >= 0.3 is 0 Å². The first-order valence-corrected chi connectivity index (χ1v) is 11.3. The SMILES string of the molecule is CC.CC.Cc1[nH]c2ncccc2c1C(C)C.Cc1nc2[nH]ccc2cc1C(C)C. The van der Waals surface area contributed by atoms with E-state index in [9.17, 15) is 0 Å². The van der Waals surface area contributed by atoms with E-state index in [2.05, 4.69) is 79.7 Å². The number of nitrogens with one attached hydrogen (secondary N) is 2. The Morgan fingerprint density at radius 1 is 0.867 bits per heavy atom. The molecule has 0 unspecified atom stereocenters. The highest BCUT2D eigenvalue weighted by molar-refractivity contribution is 5.81. The van der Waals surface area contributed by atoms with Gasteiger partial charge in [-0.05, 0) is 61.1 Å². The summed E-state index contributed by atoms with van der Waals surface area (Å²) in [5.41, 5.74) is 7.09. The first kappa shape index (κ1) is 25.4. The second-order valence-electron chi connectivity index (χ2n) is 7.45. The van der Waals surface area contributed by atoms with Crippen LogP contribution in [0.15, 0.2) is 36.7 Å². The molecule has 4 heteroatoms. The van der Waals surface area contributed by atoms with E-state index in [-0.39, 0.29) is 0 Å². The lowest BCUT2D eigenvalue weighted by atomic mass is 10.0. The van der Waals surface area contributed by atoms with Crippen molar-refractivity contribution in [2.45, 2.75) is 81.1 Å². The minimum Gasteiger partial charge on any atom is -0.346 e. The molecule has 0 fully saturated rings. The fraction of sp³-hybridized carbons (Fsp3) is 0.462. The molecule has 0 bridgehead atoms. The van der Waals surface area contributed by atoms with Gasteiger partial charge in [-0.3, -0.25) is 0 Å². The molecule has 30 heavy (non-hydrogen) atoms. The van der Waals surface area contributed by atoms with Gasteiger partial charge < -0.3 is 9.97 Å². The van der Waals surface area contributed by atoms with E-state index >= 15 is 0 Å². The van der Waals surface area contributed by atoms with Gasteiger partial charge in [0.15, 0.2) is 0 Å². The lowest BCUT2D eigenvalue weighted by molar-refractivity contribution is 0.847. The Morgan fingerprint density at radius 2 is 1.53 bits per heavy atom. The van der Waals surface area contributed by atoms with Crippen molar-refractivity contribution in [3.8, 4) is 0 Å². The van der Waals surface area contributed by atoms with Gasteiger partial charge in [0.2, 0.25) is 0 Å². The molecule has 4 aromatic rings. The third-order valence-corrected chi connectivity index (χ3v) is 4.77. The van der Waals surface area contributed by atoms with Crippen LogP contribution < -0.4 is 0 Å². The second kappa shape index (κ2) is 12.2. The predicted octanol–water partition coefficient (Wildman–Crippen LogP) is 8.04. The fourth-order valence-electron chi connectivity index (χ4n) is 3.59. The number of fused-ring (bicyclic) bond motifs is 2. The Balaban J connectivity index is 0.000000258. The minimum absolute atomic E-state index is 0.548. The molecule has 0 spiro atoms. The number of H-pyrrole nitrogens is 2. The third-order valence-electron chi connectivity index (χ3n) is 4.77. The average molecular weight is 409 g/mol. The van der Waals surface area contributed by atoms with Crippen LogP contribution in [0.3, 0.4) is 0 Å². The normalized spacial score (nSPS) is 10.3. The zero-order valence-electron chi connectivity index (χ0n) is 20.5. The Kier molecular flexibility index (Phi) is 10.3. The fourth-order valence-corrected chi connectivity index (χ4v) is 3.59. The summed E-state index contributed by atoms with van der Waals surface area (Å²) >= 11 is 0. The number of hydrogen-bond donors (Lipinski definition) is 2. The topological polar surface area (TPSA) is 57.4 Å². The third kappa shape index (κ3) is 5.94. The maximum atomic E-state index is 4.50. The Hall–Kier alpha value is -2.62. The molecule has 0 aliphatic heterocycles. The van der Waals surface area contributed by atoms with E-state index in [0.29, 0.717) is 11.8 Å². The average Bonchev–Trinajstić information content (AvgIpc) is 3.33. The van der Waals surface area contributed by atoms with E-state index < -0.39 is 0 Å². The standard InChI is InChI=1S/2C11H14N2.2C2H6/c1-7(2)10-6-9-4-5-12-11(9)13-8(10)3;1-7(2)10-8(3)13-11-9(10)5-4-6-12-11;2*1-2/h2*4-7H,1-3H3,(H,12,13);2*1-2H3. The van der Waals surface area contributed by atoms with Crippen molar-refractivity contribution in [3.63, 3.8) is 0 Å². The molecule has 0 radical (unpaired) electrons. The number of hydrogen-bond acceptors (Lipinski definition) is 2. The molecule has 4 aromatic heterocycles. The summed E-state index contributed by atoms with van der Waals surface area (Å²) in [6.07, 6.45) is 3.75. The molecule has 2 N–H and O–H groups in total. The highest BCUT2D eigenvalue weighted by atomic mass is 14.9. The van der Waals surface area contributed by atoms with Crippen molar-refractivity contribution >= 4 is 22.1 Å². The monoisotopic (exact) mass is 408 g/mol. The van der Waals surface area contributed by atoms with Crippen molar-refractivity contribution in [2.75, 3.05) is 0 Å². The molecule has 0 aliphatic rings. The first-order chi connectivity index (χ1) is 14.4. The van der Waals surface area contributed by atoms with Gasteiger partial charge in [0.25, 0.3) is 0 Å². The van der Waals surface area contributed by atoms with E-state index in [4.69, 9.17) is 0 Å². The van der Waals surface area contributed by atoms with E-state index in [1.165, 1.54) is 27.6 Å². The minimum atomic E-state index is 0.548. The van der Waals surface area contributed by atoms with Crippen LogP contribution in [0.1, 0.15) is 89.7 Å². The molecule has 0 saturated heterocycles. The van der Waals surface area contributed by atoms with Crippen LogP contribution in [-0.2, 0) is 0 Å². The molecular formula is C26H40N4. The molecule has 0 aromatic carbocycles. The van der Waals surface area contributed by atoms with Crippen LogP contribution in [0.2, 0.25) is 0 Å². The molecular weight excluding hydrogens is 368 g/mol. The van der Waals surface area contributed by atoms with Gasteiger partial charge in [-0.15, -0.1) is 0 Å². The Morgan fingerprint density at radius 3 is 2.13 bits per heavy atom. The predicted molar refractivity (Wildman–Crippen MR) is 133 cm³/mol. The van der Waals surface area contributed by atoms with Crippen molar-refractivity contribution < 1.29 is 0 Å². The molecule has 0 aliphatic carbocycles. The number of aromatic nitrogens is 4. The largest absolute Gasteiger partial charge is 0.346 e. The zero-order valence-corrected chi connectivity index (χ0v) is 20.5. The number of rotatable bonds is 2. The number of nitrogens with zero attached hydrogens (tertiary/aromatic N) is 2. The summed E-state index contributed by atoms with van der Waals surface area (Å²) < 4.78 is 0. The highest BCUT2D eigenvalue weighted by Crippen LogP contribution is 2.27. The van der Waals surface area contributed by atoms with Crippen LogP contribution in [0.4, 0.5) is 0 Å². The Labute approximate surface area is 182 Å². The summed E-state index contributed by atoms with van der Waals surface area (Å²) in [7, 11) is 0. The summed E-state index contributed by atoms with van der Waals surface area (Å²) in [6, 6.07) is 8.40. The smallest absolute Gasteiger partial charge is 0.137 e. The van der Waals surface area contributed by atoms with Crippen molar-refractivity contribution in [1.29, 1.82) is 0 Å². The van der Waals surface area contributed by atoms with Gasteiger partial charge in [-0.25, -0.2) is 9.97 Å². The Bertz CT molecular complexity index is 1020. The van der Waals surface area contributed by atoms with Gasteiger partial charge in [-0.2, -0.15) is 0 Å². The molecule has 4 rings (SSSR count). The van der Waals surface area contributed by atoms with Gasteiger partial charge in [-0.1, -0.05) is 55.4 Å². The quantitative estimate of drug-likeness (QED) is 0.352. The summed E-state index contributed by atoms with van der Waals surface area (Å²) in [6.45, 7) is 21.0. The molecule has 4 nitrogen and oxygen atoms in total. The lowest BCUT2D eigenvalue weighted by Crippen LogP contribution is -1.94. The van der Waals surface area contributed by atoms with Gasteiger partial charge in [0, 0.05) is 34.6 Å². The molecule has 0 saturated carbocycles. The maximum absolute atomic E-state index is 4.50. The number of pyridine rings is 2. The van der Waals surface area contributed by atoms with Crippen molar-refractivity contribution in [2.24, 2.45) is 0 Å². The van der Waals surface area contributed by atoms with E-state index in [1.807, 2.05) is 46.2 Å². The summed E-state index contributed by atoms with van der Waals surface area (Å²) in [4.78, 5) is 15.2. The highest BCUT2D eigenvalue weighted by Gasteiger charge is 2.11. The summed E-state index contributed by atoms with van der Waals surface area (Å²) in [5, 5.41) is 2.46. The van der Waals surface area contributed by atoms with Gasteiger partial charge in [0.05, 0.1) is 0 Å². The second-order valence-corrected chi connectivity index (χ2v) is 7.45. The zero-order chi connectivity index (χ0) is 22.8. The number of aryl methyl sites for hydroxylation is 2. The maximum Gasteiger partial charge on any atom is 0.137 e. The number of aromatic amines is 2. The van der Waals surface area contributed by atoms with E-state index in [1.54, 1.807) is 0 Å². The van der Waals surface area contributed by atoms with Crippen LogP contribution in [0, 0.1) is 13.8 Å². The summed E-state index contributed by atoms with van der Waals surface area (Å²) in [5.74, 6) is 1.10. The molecule has 0 amide bonds. The van der Waals surface area contributed by atoms with Crippen LogP contribution in [-0.4, -0.2) is 19.9 Å². The van der Waals surface area contributed by atoms with Crippen LogP contribution >= 0.6 is 0 Å². The van der Waals surface area contributed by atoms with Crippen molar-refractivity contribution in [3.05, 3.63) is 59.2 Å². The molecule has 4 heterocycles.